The summed E-state index contributed by atoms with van der Waals surface area (Å²) in [6, 6.07) is 0. The first-order valence-electron chi connectivity index (χ1n) is 4.36. The average molecular weight is 175 g/mol. The van der Waals surface area contributed by atoms with Crippen molar-refractivity contribution in [3.8, 4) is 0 Å². The summed E-state index contributed by atoms with van der Waals surface area (Å²) in [5, 5.41) is 0. The molecule has 1 nitrogen and oxygen atoms in total. The summed E-state index contributed by atoms with van der Waals surface area (Å²) in [7, 11) is 0. The van der Waals surface area contributed by atoms with Gasteiger partial charge in [-0.15, -0.1) is 0 Å². The summed E-state index contributed by atoms with van der Waals surface area (Å²) in [5.74, 6) is 0. The first-order chi connectivity index (χ1) is 6.20. The highest BCUT2D eigenvalue weighted by atomic mass is 14.7. The van der Waals surface area contributed by atoms with Gasteiger partial charge in [-0.1, -0.05) is 30.4 Å². The second kappa shape index (κ2) is 7.29. The molecule has 0 aliphatic carbocycles. The zero-order valence-corrected chi connectivity index (χ0v) is 8.62. The zero-order chi connectivity index (χ0) is 10.1. The SMILES string of the molecule is C=C(C)\C=C/C=N/C(/C=C\C)=C/C. The van der Waals surface area contributed by atoms with Crippen LogP contribution < -0.4 is 0 Å². The molecule has 70 valence electrons. The molecule has 1 heteroatoms. The highest BCUT2D eigenvalue weighted by molar-refractivity contribution is 5.73. The summed E-state index contributed by atoms with van der Waals surface area (Å²) >= 11 is 0. The van der Waals surface area contributed by atoms with E-state index in [0.29, 0.717) is 0 Å². The quantitative estimate of drug-likeness (QED) is 0.456. The maximum Gasteiger partial charge on any atom is 0.0583 e. The number of rotatable bonds is 4. The van der Waals surface area contributed by atoms with Crippen LogP contribution in [0, 0.1) is 0 Å². The Kier molecular flexibility index (Phi) is 6.52. The molecule has 0 aromatic rings. The highest BCUT2D eigenvalue weighted by Crippen LogP contribution is 1.97. The van der Waals surface area contributed by atoms with Gasteiger partial charge in [-0.3, -0.25) is 4.99 Å². The van der Waals surface area contributed by atoms with Gasteiger partial charge in [-0.2, -0.15) is 0 Å². The fourth-order valence-electron chi connectivity index (χ4n) is 0.721. The number of hydrogen-bond acceptors (Lipinski definition) is 1. The van der Waals surface area contributed by atoms with Gasteiger partial charge >= 0.3 is 0 Å². The first-order valence-corrected chi connectivity index (χ1v) is 4.36. The van der Waals surface area contributed by atoms with Gasteiger partial charge in [0.25, 0.3) is 0 Å². The van der Waals surface area contributed by atoms with Crippen LogP contribution in [-0.4, -0.2) is 6.21 Å². The molecule has 0 atom stereocenters. The van der Waals surface area contributed by atoms with Crippen LogP contribution in [0.2, 0.25) is 0 Å². The van der Waals surface area contributed by atoms with Crippen molar-refractivity contribution in [3.63, 3.8) is 0 Å². The largest absolute Gasteiger partial charge is 0.257 e. The molecule has 0 radical (unpaired) electrons. The van der Waals surface area contributed by atoms with E-state index in [4.69, 9.17) is 0 Å². The van der Waals surface area contributed by atoms with Gasteiger partial charge < -0.3 is 0 Å². The molecule has 0 aromatic carbocycles. The van der Waals surface area contributed by atoms with E-state index in [1.165, 1.54) is 0 Å². The molecule has 0 saturated heterocycles. The summed E-state index contributed by atoms with van der Waals surface area (Å²) in [4.78, 5) is 4.23. The number of nitrogens with zero attached hydrogens (tertiary/aromatic N) is 1. The molecule has 0 N–H and O–H groups in total. The fourth-order valence-corrected chi connectivity index (χ4v) is 0.721. The van der Waals surface area contributed by atoms with Crippen LogP contribution in [0.3, 0.4) is 0 Å². The van der Waals surface area contributed by atoms with E-state index in [9.17, 15) is 0 Å². The molecule has 0 bridgehead atoms. The maximum atomic E-state index is 4.23. The standard InChI is InChI=1S/C12H17N/c1-5-8-12(6-2)13-10-7-9-11(3)4/h5-10H,3H2,1-2,4H3/b8-5-,9-7-,12-6+,13-10+. The normalized spacial score (nSPS) is 13.6. The second-order valence-electron chi connectivity index (χ2n) is 2.70. The third kappa shape index (κ3) is 7.01. The van der Waals surface area contributed by atoms with Crippen LogP contribution in [-0.2, 0) is 0 Å². The Morgan fingerprint density at radius 3 is 2.38 bits per heavy atom. The predicted octanol–water partition coefficient (Wildman–Crippen LogP) is 3.67. The van der Waals surface area contributed by atoms with Crippen LogP contribution in [0.5, 0.6) is 0 Å². The Labute approximate surface area is 80.9 Å². The molecule has 0 heterocycles. The number of hydrogen-bond donors (Lipinski definition) is 0. The van der Waals surface area contributed by atoms with Crippen LogP contribution in [0.15, 0.2) is 53.2 Å². The molecule has 0 aromatic heterocycles. The van der Waals surface area contributed by atoms with E-state index in [0.717, 1.165) is 11.3 Å². The van der Waals surface area contributed by atoms with Crippen LogP contribution in [0.4, 0.5) is 0 Å². The summed E-state index contributed by atoms with van der Waals surface area (Å²) in [5.41, 5.74) is 1.99. The van der Waals surface area contributed by atoms with Gasteiger partial charge in [0.05, 0.1) is 5.70 Å². The molecule has 0 aliphatic heterocycles. The van der Waals surface area contributed by atoms with E-state index >= 15 is 0 Å². The molecular weight excluding hydrogens is 158 g/mol. The van der Waals surface area contributed by atoms with Crippen molar-refractivity contribution < 1.29 is 0 Å². The third-order valence-electron chi connectivity index (χ3n) is 1.32. The van der Waals surface area contributed by atoms with Crippen LogP contribution >= 0.6 is 0 Å². The van der Waals surface area contributed by atoms with Crippen molar-refractivity contribution in [2.45, 2.75) is 20.8 Å². The smallest absolute Gasteiger partial charge is 0.0583 e. The molecule has 0 fully saturated rings. The van der Waals surface area contributed by atoms with Crippen molar-refractivity contribution in [1.29, 1.82) is 0 Å². The van der Waals surface area contributed by atoms with Crippen molar-refractivity contribution in [2.24, 2.45) is 4.99 Å². The maximum absolute atomic E-state index is 4.23. The third-order valence-corrected chi connectivity index (χ3v) is 1.32. The van der Waals surface area contributed by atoms with Crippen molar-refractivity contribution >= 4 is 6.21 Å². The zero-order valence-electron chi connectivity index (χ0n) is 8.62. The van der Waals surface area contributed by atoms with Gasteiger partial charge in [-0.25, -0.2) is 0 Å². The Bertz CT molecular complexity index is 265. The van der Waals surface area contributed by atoms with Gasteiger partial charge in [0.1, 0.15) is 0 Å². The van der Waals surface area contributed by atoms with E-state index in [1.807, 2.05) is 51.2 Å². The minimum atomic E-state index is 0.967. The lowest BCUT2D eigenvalue weighted by molar-refractivity contribution is 1.39. The van der Waals surface area contributed by atoms with Gasteiger partial charge in [0.2, 0.25) is 0 Å². The molecule has 13 heavy (non-hydrogen) atoms. The van der Waals surface area contributed by atoms with Crippen LogP contribution in [0.1, 0.15) is 20.8 Å². The molecule has 0 aliphatic rings. The average Bonchev–Trinajstić information content (AvgIpc) is 2.10. The Hall–Kier alpha value is -1.37. The summed E-state index contributed by atoms with van der Waals surface area (Å²) in [6.07, 6.45) is 11.5. The van der Waals surface area contributed by atoms with Crippen molar-refractivity contribution in [1.82, 2.24) is 0 Å². The van der Waals surface area contributed by atoms with Crippen LogP contribution in [0.25, 0.3) is 0 Å². The minimum absolute atomic E-state index is 0.967. The van der Waals surface area contributed by atoms with Crippen molar-refractivity contribution in [3.05, 3.63) is 48.2 Å². The first kappa shape index (κ1) is 11.6. The Morgan fingerprint density at radius 1 is 1.23 bits per heavy atom. The highest BCUT2D eigenvalue weighted by Gasteiger charge is 1.79. The van der Waals surface area contributed by atoms with Crippen molar-refractivity contribution in [2.75, 3.05) is 0 Å². The summed E-state index contributed by atoms with van der Waals surface area (Å²) < 4.78 is 0. The Balaban J connectivity index is 4.17. The molecule has 0 amide bonds. The lowest BCUT2D eigenvalue weighted by atomic mass is 10.3. The Morgan fingerprint density at radius 2 is 1.92 bits per heavy atom. The fraction of sp³-hybridized carbons (Fsp3) is 0.250. The lowest BCUT2D eigenvalue weighted by Crippen LogP contribution is -1.72. The molecular formula is C12H17N. The molecule has 0 saturated carbocycles. The lowest BCUT2D eigenvalue weighted by Gasteiger charge is -1.88. The van der Waals surface area contributed by atoms with Gasteiger partial charge in [0.15, 0.2) is 0 Å². The number of aliphatic imine (C=N–C) groups is 1. The molecule has 0 rings (SSSR count). The van der Waals surface area contributed by atoms with Gasteiger partial charge in [0, 0.05) is 6.21 Å². The number of allylic oxidation sites excluding steroid dienone is 6. The predicted molar refractivity (Wildman–Crippen MR) is 61.0 cm³/mol. The topological polar surface area (TPSA) is 12.4 Å². The van der Waals surface area contributed by atoms with E-state index < -0.39 is 0 Å². The van der Waals surface area contributed by atoms with E-state index in [1.54, 1.807) is 6.21 Å². The van der Waals surface area contributed by atoms with E-state index in [2.05, 4.69) is 11.6 Å². The second-order valence-corrected chi connectivity index (χ2v) is 2.70. The minimum Gasteiger partial charge on any atom is -0.257 e. The van der Waals surface area contributed by atoms with Gasteiger partial charge in [-0.05, 0) is 32.9 Å². The molecule has 0 spiro atoms. The summed E-state index contributed by atoms with van der Waals surface area (Å²) in [6.45, 7) is 9.64. The van der Waals surface area contributed by atoms with E-state index in [-0.39, 0.29) is 0 Å². The monoisotopic (exact) mass is 175 g/mol. The molecule has 0 unspecified atom stereocenters.